The molecule has 4 nitrogen and oxygen atoms in total. The van der Waals surface area contributed by atoms with Gasteiger partial charge in [-0.1, -0.05) is 51.9 Å². The lowest BCUT2D eigenvalue weighted by Crippen LogP contribution is -2.46. The highest BCUT2D eigenvalue weighted by atomic mass is 16.5. The van der Waals surface area contributed by atoms with E-state index < -0.39 is 0 Å². The minimum absolute atomic E-state index is 0.0953. The van der Waals surface area contributed by atoms with Crippen LogP contribution in [-0.2, 0) is 19.1 Å². The van der Waals surface area contributed by atoms with E-state index in [9.17, 15) is 9.59 Å². The second-order valence-electron chi connectivity index (χ2n) is 11.3. The fraction of sp³-hybridized carbons (Fsp3) is 0.929. The number of carbonyl (C=O) groups is 2. The van der Waals surface area contributed by atoms with Gasteiger partial charge in [0.1, 0.15) is 0 Å². The predicted octanol–water partition coefficient (Wildman–Crippen LogP) is 7.38. The maximum Gasteiger partial charge on any atom is 0.305 e. The van der Waals surface area contributed by atoms with E-state index in [-0.39, 0.29) is 11.9 Å². The van der Waals surface area contributed by atoms with E-state index in [0.29, 0.717) is 44.3 Å². The van der Waals surface area contributed by atoms with Crippen molar-refractivity contribution in [3.8, 4) is 0 Å². The Morgan fingerprint density at radius 3 is 1.66 bits per heavy atom. The number of carbonyl (C=O) groups excluding carboxylic acids is 2. The summed E-state index contributed by atoms with van der Waals surface area (Å²) in [4.78, 5) is 23.9. The van der Waals surface area contributed by atoms with Crippen LogP contribution in [0.15, 0.2) is 0 Å². The van der Waals surface area contributed by atoms with Gasteiger partial charge in [-0.15, -0.1) is 0 Å². The summed E-state index contributed by atoms with van der Waals surface area (Å²) in [5.41, 5.74) is 0.480. The molecule has 0 unspecified atom stereocenters. The molecule has 4 aliphatic carbocycles. The van der Waals surface area contributed by atoms with Gasteiger partial charge >= 0.3 is 11.9 Å². The molecule has 4 fully saturated rings. The van der Waals surface area contributed by atoms with Crippen molar-refractivity contribution in [2.24, 2.45) is 23.2 Å². The molecule has 0 radical (unpaired) electrons. The molecule has 0 amide bonds. The van der Waals surface area contributed by atoms with Gasteiger partial charge in [0.2, 0.25) is 0 Å². The van der Waals surface area contributed by atoms with Crippen molar-refractivity contribution >= 4 is 11.9 Å². The molecule has 0 heterocycles. The standard InChI is InChI=1S/C28H48O4/c1-2-3-4-5-6-7-8-11-15-31-26(29)12-9-10-13-27(30)32-16-14-28-20-23-17-24(21-28)19-25(18-23)22-28/h23-25H,2-22H2,1H3. The molecule has 4 rings (SSSR count). The van der Waals surface area contributed by atoms with Crippen molar-refractivity contribution in [3.63, 3.8) is 0 Å². The van der Waals surface area contributed by atoms with E-state index in [2.05, 4.69) is 6.92 Å². The quantitative estimate of drug-likeness (QED) is 0.172. The Bertz CT molecular complexity index is 534. The van der Waals surface area contributed by atoms with Gasteiger partial charge in [-0.2, -0.15) is 0 Å². The first-order valence-corrected chi connectivity index (χ1v) is 13.9. The van der Waals surface area contributed by atoms with Gasteiger partial charge in [-0.3, -0.25) is 9.59 Å². The van der Waals surface area contributed by atoms with Crippen LogP contribution in [0.1, 0.15) is 129 Å². The fourth-order valence-corrected chi connectivity index (χ4v) is 7.08. The maximum absolute atomic E-state index is 12.1. The zero-order chi connectivity index (χ0) is 22.7. The molecule has 0 aromatic heterocycles. The van der Waals surface area contributed by atoms with E-state index in [0.717, 1.165) is 37.0 Å². The Balaban J connectivity index is 1.12. The molecule has 0 saturated heterocycles. The predicted molar refractivity (Wildman–Crippen MR) is 128 cm³/mol. The van der Waals surface area contributed by atoms with Crippen molar-refractivity contribution in [2.45, 2.75) is 129 Å². The van der Waals surface area contributed by atoms with Crippen LogP contribution in [0.4, 0.5) is 0 Å². The zero-order valence-electron chi connectivity index (χ0n) is 20.7. The SMILES string of the molecule is CCCCCCCCCCOC(=O)CCCCC(=O)OCCC12CC3CC(CC(C3)C1)C2. The number of hydrogen-bond donors (Lipinski definition) is 0. The van der Waals surface area contributed by atoms with Gasteiger partial charge in [0.05, 0.1) is 13.2 Å². The van der Waals surface area contributed by atoms with Crippen molar-refractivity contribution in [1.29, 1.82) is 0 Å². The Labute approximate surface area is 196 Å². The zero-order valence-corrected chi connectivity index (χ0v) is 20.7. The van der Waals surface area contributed by atoms with Crippen LogP contribution in [-0.4, -0.2) is 25.2 Å². The molecule has 184 valence electrons. The second-order valence-corrected chi connectivity index (χ2v) is 11.3. The van der Waals surface area contributed by atoms with Gasteiger partial charge in [-0.25, -0.2) is 0 Å². The average molecular weight is 449 g/mol. The fourth-order valence-electron chi connectivity index (χ4n) is 7.08. The maximum atomic E-state index is 12.1. The summed E-state index contributed by atoms with van der Waals surface area (Å²) in [5.74, 6) is 2.64. The van der Waals surface area contributed by atoms with E-state index in [4.69, 9.17) is 9.47 Å². The smallest absolute Gasteiger partial charge is 0.305 e. The number of rotatable bonds is 17. The Hall–Kier alpha value is -1.06. The van der Waals surface area contributed by atoms with E-state index in [1.165, 1.54) is 77.0 Å². The third-order valence-corrected chi connectivity index (χ3v) is 8.33. The highest BCUT2D eigenvalue weighted by Crippen LogP contribution is 2.61. The minimum Gasteiger partial charge on any atom is -0.466 e. The van der Waals surface area contributed by atoms with Gasteiger partial charge in [0.15, 0.2) is 0 Å². The molecule has 4 aliphatic rings. The molecule has 0 aliphatic heterocycles. The number of hydrogen-bond acceptors (Lipinski definition) is 4. The molecular formula is C28H48O4. The molecule has 4 bridgehead atoms. The van der Waals surface area contributed by atoms with Crippen molar-refractivity contribution in [2.75, 3.05) is 13.2 Å². The molecule has 4 saturated carbocycles. The third-order valence-electron chi connectivity index (χ3n) is 8.33. The van der Waals surface area contributed by atoms with Crippen LogP contribution >= 0.6 is 0 Å². The lowest BCUT2D eigenvalue weighted by molar-refractivity contribution is -0.147. The van der Waals surface area contributed by atoms with Gasteiger partial charge in [0, 0.05) is 12.8 Å². The Morgan fingerprint density at radius 1 is 0.656 bits per heavy atom. The largest absolute Gasteiger partial charge is 0.466 e. The van der Waals surface area contributed by atoms with Crippen molar-refractivity contribution < 1.29 is 19.1 Å². The van der Waals surface area contributed by atoms with E-state index in [1.54, 1.807) is 0 Å². The molecule has 0 spiro atoms. The highest BCUT2D eigenvalue weighted by Gasteiger charge is 2.50. The Kier molecular flexibility index (Phi) is 10.9. The highest BCUT2D eigenvalue weighted by molar-refractivity contribution is 5.70. The molecule has 0 N–H and O–H groups in total. The topological polar surface area (TPSA) is 52.6 Å². The van der Waals surface area contributed by atoms with E-state index >= 15 is 0 Å². The first-order chi connectivity index (χ1) is 15.6. The molecule has 4 heteroatoms. The summed E-state index contributed by atoms with van der Waals surface area (Å²) >= 11 is 0. The minimum atomic E-state index is -0.122. The lowest BCUT2D eigenvalue weighted by Gasteiger charge is -2.57. The monoisotopic (exact) mass is 448 g/mol. The van der Waals surface area contributed by atoms with Gasteiger partial charge < -0.3 is 9.47 Å². The summed E-state index contributed by atoms with van der Waals surface area (Å²) < 4.78 is 10.9. The lowest BCUT2D eigenvalue weighted by atomic mass is 9.49. The third kappa shape index (κ3) is 8.71. The van der Waals surface area contributed by atoms with Crippen molar-refractivity contribution in [1.82, 2.24) is 0 Å². The average Bonchev–Trinajstić information content (AvgIpc) is 2.74. The van der Waals surface area contributed by atoms with Crippen molar-refractivity contribution in [3.05, 3.63) is 0 Å². The molecule has 32 heavy (non-hydrogen) atoms. The molecular weight excluding hydrogens is 400 g/mol. The molecule has 0 atom stereocenters. The summed E-state index contributed by atoms with van der Waals surface area (Å²) in [5, 5.41) is 0. The molecule has 0 aromatic carbocycles. The normalized spacial score (nSPS) is 28.1. The van der Waals surface area contributed by atoms with Crippen LogP contribution in [0.5, 0.6) is 0 Å². The summed E-state index contributed by atoms with van der Waals surface area (Å²) in [7, 11) is 0. The van der Waals surface area contributed by atoms with Crippen LogP contribution in [0.2, 0.25) is 0 Å². The van der Waals surface area contributed by atoms with Crippen LogP contribution < -0.4 is 0 Å². The number of unbranched alkanes of at least 4 members (excludes halogenated alkanes) is 8. The molecule has 0 aromatic rings. The summed E-state index contributed by atoms with van der Waals surface area (Å²) in [6, 6.07) is 0. The number of esters is 2. The first-order valence-electron chi connectivity index (χ1n) is 13.9. The summed E-state index contributed by atoms with van der Waals surface area (Å²) in [6.45, 7) is 3.37. The number of ether oxygens (including phenoxy) is 2. The van der Waals surface area contributed by atoms with E-state index in [1.807, 2.05) is 0 Å². The van der Waals surface area contributed by atoms with Crippen LogP contribution in [0, 0.1) is 23.2 Å². The first kappa shape index (κ1) is 25.6. The second kappa shape index (κ2) is 13.6. The van der Waals surface area contributed by atoms with Gasteiger partial charge in [-0.05, 0) is 87.4 Å². The Morgan fingerprint density at radius 2 is 1.12 bits per heavy atom. The van der Waals surface area contributed by atoms with Crippen LogP contribution in [0.25, 0.3) is 0 Å². The van der Waals surface area contributed by atoms with Gasteiger partial charge in [0.25, 0.3) is 0 Å². The summed E-state index contributed by atoms with van der Waals surface area (Å²) in [6.07, 6.45) is 21.8. The van der Waals surface area contributed by atoms with Crippen LogP contribution in [0.3, 0.4) is 0 Å².